The SMILES string of the molecule is O=C(Nc1ccccc1C(=O)NCC(F)(F)F)c1ccc(C(F)(F)F)cc1. The minimum Gasteiger partial charge on any atom is -0.343 e. The van der Waals surface area contributed by atoms with Gasteiger partial charge in [-0.2, -0.15) is 26.3 Å². The monoisotopic (exact) mass is 390 g/mol. The number of para-hydroxylation sites is 1. The van der Waals surface area contributed by atoms with Crippen LogP contribution in [0.3, 0.4) is 0 Å². The minimum absolute atomic E-state index is 0.0814. The van der Waals surface area contributed by atoms with E-state index in [9.17, 15) is 35.9 Å². The number of benzene rings is 2. The van der Waals surface area contributed by atoms with Crippen LogP contribution in [-0.4, -0.2) is 24.5 Å². The summed E-state index contributed by atoms with van der Waals surface area (Å²) < 4.78 is 74.3. The van der Waals surface area contributed by atoms with Crippen LogP contribution in [0, 0.1) is 0 Å². The molecule has 0 bridgehead atoms. The fraction of sp³-hybridized carbons (Fsp3) is 0.176. The van der Waals surface area contributed by atoms with Gasteiger partial charge in [0, 0.05) is 5.56 Å². The van der Waals surface area contributed by atoms with Crippen LogP contribution < -0.4 is 10.6 Å². The molecule has 2 rings (SSSR count). The van der Waals surface area contributed by atoms with Crippen LogP contribution in [0.25, 0.3) is 0 Å². The molecule has 0 aliphatic heterocycles. The molecule has 0 aromatic heterocycles. The molecule has 2 aromatic carbocycles. The molecule has 10 heteroatoms. The van der Waals surface area contributed by atoms with Crippen molar-refractivity contribution in [2.75, 3.05) is 11.9 Å². The van der Waals surface area contributed by atoms with Crippen LogP contribution in [0.5, 0.6) is 0 Å². The summed E-state index contributed by atoms with van der Waals surface area (Å²) >= 11 is 0. The molecule has 0 saturated carbocycles. The molecule has 0 saturated heterocycles. The van der Waals surface area contributed by atoms with E-state index in [-0.39, 0.29) is 16.8 Å². The van der Waals surface area contributed by atoms with E-state index in [0.29, 0.717) is 0 Å². The second-order valence-electron chi connectivity index (χ2n) is 5.37. The number of halogens is 6. The lowest BCUT2D eigenvalue weighted by molar-refractivity contribution is -0.137. The molecule has 2 amide bonds. The van der Waals surface area contributed by atoms with Gasteiger partial charge in [0.25, 0.3) is 11.8 Å². The number of hydrogen-bond donors (Lipinski definition) is 2. The molecule has 144 valence electrons. The van der Waals surface area contributed by atoms with Crippen LogP contribution in [0.2, 0.25) is 0 Å². The van der Waals surface area contributed by atoms with Gasteiger partial charge in [-0.15, -0.1) is 0 Å². The molecule has 2 N–H and O–H groups in total. The van der Waals surface area contributed by atoms with Crippen molar-refractivity contribution in [1.29, 1.82) is 0 Å². The van der Waals surface area contributed by atoms with E-state index in [2.05, 4.69) is 5.32 Å². The Morgan fingerprint density at radius 1 is 0.815 bits per heavy atom. The van der Waals surface area contributed by atoms with Crippen molar-refractivity contribution in [3.8, 4) is 0 Å². The maximum Gasteiger partial charge on any atom is 0.416 e. The zero-order valence-electron chi connectivity index (χ0n) is 13.4. The van der Waals surface area contributed by atoms with E-state index in [1.54, 1.807) is 5.32 Å². The number of amides is 2. The summed E-state index contributed by atoms with van der Waals surface area (Å²) in [6, 6.07) is 8.64. The lowest BCUT2D eigenvalue weighted by Crippen LogP contribution is -2.34. The molecule has 2 aromatic rings. The molecule has 0 radical (unpaired) electrons. The van der Waals surface area contributed by atoms with Crippen LogP contribution in [0.1, 0.15) is 26.3 Å². The summed E-state index contributed by atoms with van der Waals surface area (Å²) in [4.78, 5) is 24.1. The molecule has 0 atom stereocenters. The lowest BCUT2D eigenvalue weighted by Gasteiger charge is -2.13. The Bertz CT molecular complexity index is 829. The molecular weight excluding hydrogens is 378 g/mol. The van der Waals surface area contributed by atoms with Gasteiger partial charge in [-0.1, -0.05) is 12.1 Å². The largest absolute Gasteiger partial charge is 0.416 e. The molecular formula is C17H12F6N2O2. The van der Waals surface area contributed by atoms with Gasteiger partial charge in [-0.25, -0.2) is 0 Å². The Kier molecular flexibility index (Phi) is 5.77. The van der Waals surface area contributed by atoms with Gasteiger partial charge in [0.05, 0.1) is 16.8 Å². The smallest absolute Gasteiger partial charge is 0.343 e. The Morgan fingerprint density at radius 2 is 1.41 bits per heavy atom. The molecule has 27 heavy (non-hydrogen) atoms. The topological polar surface area (TPSA) is 58.2 Å². The molecule has 0 fully saturated rings. The normalized spacial score (nSPS) is 11.8. The highest BCUT2D eigenvalue weighted by Crippen LogP contribution is 2.29. The number of carbonyl (C=O) groups excluding carboxylic acids is 2. The van der Waals surface area contributed by atoms with E-state index < -0.39 is 36.3 Å². The summed E-state index contributed by atoms with van der Waals surface area (Å²) in [5, 5.41) is 3.98. The predicted molar refractivity (Wildman–Crippen MR) is 84.2 cm³/mol. The van der Waals surface area contributed by atoms with Crippen molar-refractivity contribution < 1.29 is 35.9 Å². The second kappa shape index (κ2) is 7.68. The number of nitrogens with one attached hydrogen (secondary N) is 2. The van der Waals surface area contributed by atoms with E-state index in [4.69, 9.17) is 0 Å². The van der Waals surface area contributed by atoms with Crippen molar-refractivity contribution in [2.45, 2.75) is 12.4 Å². The van der Waals surface area contributed by atoms with Crippen molar-refractivity contribution in [3.05, 3.63) is 65.2 Å². The summed E-state index contributed by atoms with van der Waals surface area (Å²) in [5.74, 6) is -1.88. The zero-order chi connectivity index (χ0) is 20.2. The third-order valence-corrected chi connectivity index (χ3v) is 3.34. The van der Waals surface area contributed by atoms with E-state index in [0.717, 1.165) is 24.3 Å². The van der Waals surface area contributed by atoms with Crippen LogP contribution in [0.15, 0.2) is 48.5 Å². The Hall–Kier alpha value is -3.04. The first-order valence-electron chi connectivity index (χ1n) is 7.40. The standard InChI is InChI=1S/C17H12F6N2O2/c18-16(19,20)9-24-15(27)12-3-1-2-4-13(12)25-14(26)10-5-7-11(8-6-10)17(21,22)23/h1-8H,9H2,(H,24,27)(H,25,26). The number of hydrogen-bond acceptors (Lipinski definition) is 2. The minimum atomic E-state index is -4.60. The van der Waals surface area contributed by atoms with E-state index in [1.165, 1.54) is 24.3 Å². The third kappa shape index (κ3) is 5.73. The second-order valence-corrected chi connectivity index (χ2v) is 5.37. The van der Waals surface area contributed by atoms with E-state index in [1.807, 2.05) is 0 Å². The Morgan fingerprint density at radius 3 is 1.96 bits per heavy atom. The maximum atomic E-state index is 12.5. The quantitative estimate of drug-likeness (QED) is 0.767. The highest BCUT2D eigenvalue weighted by atomic mass is 19.4. The van der Waals surface area contributed by atoms with Crippen molar-refractivity contribution >= 4 is 17.5 Å². The average molecular weight is 390 g/mol. The molecule has 0 aliphatic carbocycles. The van der Waals surface area contributed by atoms with E-state index >= 15 is 0 Å². The van der Waals surface area contributed by atoms with Crippen LogP contribution in [0.4, 0.5) is 32.0 Å². The fourth-order valence-electron chi connectivity index (χ4n) is 2.07. The van der Waals surface area contributed by atoms with Gasteiger partial charge in [-0.05, 0) is 36.4 Å². The first-order chi connectivity index (χ1) is 12.5. The molecule has 4 nitrogen and oxygen atoms in total. The highest BCUT2D eigenvalue weighted by molar-refractivity contribution is 6.09. The first kappa shape index (κ1) is 20.3. The molecule has 0 unspecified atom stereocenters. The van der Waals surface area contributed by atoms with Gasteiger partial charge in [0.2, 0.25) is 0 Å². The molecule has 0 aliphatic rings. The van der Waals surface area contributed by atoms with Crippen molar-refractivity contribution in [1.82, 2.24) is 5.32 Å². The summed E-state index contributed by atoms with van der Waals surface area (Å²) in [6.45, 7) is -1.55. The summed E-state index contributed by atoms with van der Waals surface area (Å²) in [7, 11) is 0. The van der Waals surface area contributed by atoms with Crippen molar-refractivity contribution in [3.63, 3.8) is 0 Å². The van der Waals surface area contributed by atoms with Crippen LogP contribution in [-0.2, 0) is 6.18 Å². The first-order valence-corrected chi connectivity index (χ1v) is 7.40. The van der Waals surface area contributed by atoms with Gasteiger partial charge < -0.3 is 10.6 Å². The fourth-order valence-corrected chi connectivity index (χ4v) is 2.07. The third-order valence-electron chi connectivity index (χ3n) is 3.34. The number of carbonyl (C=O) groups is 2. The number of alkyl halides is 6. The Balaban J connectivity index is 2.15. The zero-order valence-corrected chi connectivity index (χ0v) is 13.4. The summed E-state index contributed by atoms with van der Waals surface area (Å²) in [5.41, 5.74) is -1.36. The predicted octanol–water partition coefficient (Wildman–Crippen LogP) is 4.25. The number of rotatable bonds is 4. The molecule has 0 spiro atoms. The highest BCUT2D eigenvalue weighted by Gasteiger charge is 2.30. The maximum absolute atomic E-state index is 12.5. The molecule has 0 heterocycles. The lowest BCUT2D eigenvalue weighted by atomic mass is 10.1. The van der Waals surface area contributed by atoms with Gasteiger partial charge in [0.15, 0.2) is 0 Å². The van der Waals surface area contributed by atoms with Gasteiger partial charge in [-0.3, -0.25) is 9.59 Å². The average Bonchev–Trinajstić information content (AvgIpc) is 2.59. The Labute approximate surface area is 149 Å². The van der Waals surface area contributed by atoms with Crippen LogP contribution >= 0.6 is 0 Å². The van der Waals surface area contributed by atoms with Gasteiger partial charge >= 0.3 is 12.4 Å². The van der Waals surface area contributed by atoms with Crippen molar-refractivity contribution in [2.24, 2.45) is 0 Å². The summed E-state index contributed by atoms with van der Waals surface area (Å²) in [6.07, 6.45) is -9.16. The van der Waals surface area contributed by atoms with Gasteiger partial charge in [0.1, 0.15) is 6.54 Å². The number of anilines is 1.